The van der Waals surface area contributed by atoms with E-state index < -0.39 is 10.0 Å². The molecule has 18 heavy (non-hydrogen) atoms. The van der Waals surface area contributed by atoms with E-state index in [0.29, 0.717) is 12.3 Å². The van der Waals surface area contributed by atoms with Crippen LogP contribution in [0.5, 0.6) is 0 Å². The second-order valence-electron chi connectivity index (χ2n) is 3.89. The fourth-order valence-electron chi connectivity index (χ4n) is 1.52. The molecule has 5 nitrogen and oxygen atoms in total. The van der Waals surface area contributed by atoms with Crippen molar-refractivity contribution >= 4 is 21.8 Å². The van der Waals surface area contributed by atoms with Crippen molar-refractivity contribution in [3.63, 3.8) is 0 Å². The van der Waals surface area contributed by atoms with Gasteiger partial charge in [-0.25, -0.2) is 13.1 Å². The molecule has 104 valence electrons. The van der Waals surface area contributed by atoms with Gasteiger partial charge in [-0.15, -0.1) is 0 Å². The molecule has 0 bridgehead atoms. The van der Waals surface area contributed by atoms with Crippen LogP contribution in [0.15, 0.2) is 15.4 Å². The zero-order valence-electron chi connectivity index (χ0n) is 10.6. The van der Waals surface area contributed by atoms with Gasteiger partial charge in [-0.1, -0.05) is 0 Å². The van der Waals surface area contributed by atoms with Crippen LogP contribution in [0.4, 0.5) is 0 Å². The first-order valence-corrected chi connectivity index (χ1v) is 8.57. The molecule has 0 aliphatic rings. The monoisotopic (exact) mass is 293 g/mol. The van der Waals surface area contributed by atoms with Crippen LogP contribution in [0.25, 0.3) is 0 Å². The normalized spacial score (nSPS) is 11.9. The van der Waals surface area contributed by atoms with Crippen LogP contribution in [0.2, 0.25) is 0 Å². The highest BCUT2D eigenvalue weighted by Crippen LogP contribution is 2.19. The summed E-state index contributed by atoms with van der Waals surface area (Å²) in [5.74, 6) is 1.59. The summed E-state index contributed by atoms with van der Waals surface area (Å²) in [4.78, 5) is 0.108. The van der Waals surface area contributed by atoms with Crippen molar-refractivity contribution in [1.29, 1.82) is 0 Å². The largest absolute Gasteiger partial charge is 0.462 e. The lowest BCUT2D eigenvalue weighted by Gasteiger charge is -2.04. The number of aliphatic hydroxyl groups is 1. The van der Waals surface area contributed by atoms with Crippen molar-refractivity contribution < 1.29 is 17.9 Å². The molecule has 1 aromatic heterocycles. The summed E-state index contributed by atoms with van der Waals surface area (Å²) in [5, 5.41) is 8.90. The molecule has 0 amide bonds. The fraction of sp³-hybridized carbons (Fsp3) is 0.636. The number of nitrogens with one attached hydrogen (secondary N) is 1. The van der Waals surface area contributed by atoms with Crippen LogP contribution in [-0.4, -0.2) is 32.1 Å². The van der Waals surface area contributed by atoms with E-state index in [0.717, 1.165) is 18.6 Å². The molecule has 0 fully saturated rings. The summed E-state index contributed by atoms with van der Waals surface area (Å²) in [6, 6.07) is 1.36. The Morgan fingerprint density at radius 3 is 2.72 bits per heavy atom. The molecule has 0 saturated heterocycles. The Morgan fingerprint density at radius 1 is 1.44 bits per heavy atom. The standard InChI is InChI=1S/C11H19NO4S2/c1-9-11(7-10(8-13)16-9)18(14,15)12-5-3-4-6-17-2/h7,12-13H,3-6,8H2,1-2H3. The zero-order chi connectivity index (χ0) is 13.6. The molecule has 0 aliphatic heterocycles. The van der Waals surface area contributed by atoms with Crippen LogP contribution in [-0.2, 0) is 16.6 Å². The zero-order valence-corrected chi connectivity index (χ0v) is 12.2. The number of aliphatic hydroxyl groups excluding tert-OH is 1. The molecule has 0 unspecified atom stereocenters. The highest BCUT2D eigenvalue weighted by Gasteiger charge is 2.20. The third-order valence-corrected chi connectivity index (χ3v) is 4.70. The van der Waals surface area contributed by atoms with Crippen LogP contribution in [0.3, 0.4) is 0 Å². The van der Waals surface area contributed by atoms with Crippen molar-refractivity contribution in [1.82, 2.24) is 4.72 Å². The Balaban J connectivity index is 2.60. The van der Waals surface area contributed by atoms with Gasteiger partial charge >= 0.3 is 0 Å². The predicted octanol–water partition coefficient (Wildman–Crippen LogP) is 1.50. The van der Waals surface area contributed by atoms with Gasteiger partial charge in [-0.2, -0.15) is 11.8 Å². The highest BCUT2D eigenvalue weighted by atomic mass is 32.2. The number of unbranched alkanes of at least 4 members (excludes halogenated alkanes) is 1. The molecule has 7 heteroatoms. The van der Waals surface area contributed by atoms with Gasteiger partial charge in [-0.05, 0) is 31.8 Å². The summed E-state index contributed by atoms with van der Waals surface area (Å²) in [6.07, 6.45) is 3.81. The first-order chi connectivity index (χ1) is 8.51. The van der Waals surface area contributed by atoms with Crippen LogP contribution in [0, 0.1) is 6.92 Å². The molecule has 0 saturated carbocycles. The van der Waals surface area contributed by atoms with Gasteiger partial charge in [0.05, 0.1) is 0 Å². The summed E-state index contributed by atoms with van der Waals surface area (Å²) in [5.41, 5.74) is 0. The molecule has 2 N–H and O–H groups in total. The fourth-order valence-corrected chi connectivity index (χ4v) is 3.29. The third-order valence-electron chi connectivity index (χ3n) is 2.44. The van der Waals surface area contributed by atoms with Gasteiger partial charge in [0.2, 0.25) is 10.0 Å². The van der Waals surface area contributed by atoms with Gasteiger partial charge in [-0.3, -0.25) is 0 Å². The maximum atomic E-state index is 12.0. The van der Waals surface area contributed by atoms with Crippen molar-refractivity contribution in [2.75, 3.05) is 18.6 Å². The number of thioether (sulfide) groups is 1. The van der Waals surface area contributed by atoms with Crippen molar-refractivity contribution in [3.8, 4) is 0 Å². The predicted molar refractivity (Wildman–Crippen MR) is 72.2 cm³/mol. The van der Waals surface area contributed by atoms with E-state index in [9.17, 15) is 8.42 Å². The van der Waals surface area contributed by atoms with E-state index in [1.54, 1.807) is 18.7 Å². The number of rotatable bonds is 8. The van der Waals surface area contributed by atoms with Crippen LogP contribution in [0.1, 0.15) is 24.4 Å². The number of hydrogen-bond donors (Lipinski definition) is 2. The van der Waals surface area contributed by atoms with E-state index >= 15 is 0 Å². The van der Waals surface area contributed by atoms with Crippen LogP contribution >= 0.6 is 11.8 Å². The second-order valence-corrected chi connectivity index (χ2v) is 6.61. The maximum Gasteiger partial charge on any atom is 0.244 e. The molecule has 1 heterocycles. The van der Waals surface area contributed by atoms with E-state index in [4.69, 9.17) is 9.52 Å². The summed E-state index contributed by atoms with van der Waals surface area (Å²) in [6.45, 7) is 1.69. The maximum absolute atomic E-state index is 12.0. The number of sulfonamides is 1. The second kappa shape index (κ2) is 7.18. The van der Waals surface area contributed by atoms with Gasteiger partial charge in [0.15, 0.2) is 0 Å². The van der Waals surface area contributed by atoms with Crippen molar-refractivity contribution in [2.24, 2.45) is 0 Å². The van der Waals surface area contributed by atoms with Crippen LogP contribution < -0.4 is 4.72 Å². The molecular weight excluding hydrogens is 274 g/mol. The molecular formula is C11H19NO4S2. The Kier molecular flexibility index (Phi) is 6.20. The molecule has 0 radical (unpaired) electrons. The smallest absolute Gasteiger partial charge is 0.244 e. The quantitative estimate of drug-likeness (QED) is 0.710. The van der Waals surface area contributed by atoms with Crippen molar-refractivity contribution in [2.45, 2.75) is 31.3 Å². The van der Waals surface area contributed by atoms with E-state index in [1.807, 2.05) is 6.26 Å². The van der Waals surface area contributed by atoms with Gasteiger partial charge in [0, 0.05) is 12.6 Å². The first-order valence-electron chi connectivity index (χ1n) is 5.70. The lowest BCUT2D eigenvalue weighted by Crippen LogP contribution is -2.25. The van der Waals surface area contributed by atoms with E-state index in [-0.39, 0.29) is 17.3 Å². The molecule has 0 aliphatic carbocycles. The molecule has 0 aromatic carbocycles. The van der Waals surface area contributed by atoms with E-state index in [2.05, 4.69) is 4.72 Å². The Bertz CT molecular complexity index is 467. The minimum atomic E-state index is -3.53. The summed E-state index contributed by atoms with van der Waals surface area (Å²) >= 11 is 1.74. The molecule has 1 rings (SSSR count). The lowest BCUT2D eigenvalue weighted by molar-refractivity contribution is 0.244. The minimum absolute atomic E-state index is 0.108. The van der Waals surface area contributed by atoms with E-state index in [1.165, 1.54) is 6.07 Å². The number of aryl methyl sites for hydroxylation is 1. The lowest BCUT2D eigenvalue weighted by atomic mass is 10.3. The molecule has 0 atom stereocenters. The first kappa shape index (κ1) is 15.6. The van der Waals surface area contributed by atoms with Gasteiger partial charge in [0.1, 0.15) is 23.0 Å². The summed E-state index contributed by atoms with van der Waals surface area (Å²) in [7, 11) is -3.53. The SMILES string of the molecule is CSCCCCNS(=O)(=O)c1cc(CO)oc1C. The summed E-state index contributed by atoms with van der Waals surface area (Å²) < 4.78 is 31.6. The topological polar surface area (TPSA) is 79.5 Å². The molecule has 1 aromatic rings. The van der Waals surface area contributed by atoms with Crippen molar-refractivity contribution in [3.05, 3.63) is 17.6 Å². The third kappa shape index (κ3) is 4.31. The Morgan fingerprint density at radius 2 is 2.17 bits per heavy atom. The highest BCUT2D eigenvalue weighted by molar-refractivity contribution is 7.98. The average Bonchev–Trinajstić information content (AvgIpc) is 2.71. The molecule has 0 spiro atoms. The Hall–Kier alpha value is -0.500. The Labute approximate surface area is 112 Å². The average molecular weight is 293 g/mol. The number of hydrogen-bond acceptors (Lipinski definition) is 5. The minimum Gasteiger partial charge on any atom is -0.462 e. The van der Waals surface area contributed by atoms with Gasteiger partial charge < -0.3 is 9.52 Å². The van der Waals surface area contributed by atoms with Gasteiger partial charge in [0.25, 0.3) is 0 Å². The number of furan rings is 1.